The molecule has 0 aliphatic heterocycles. The van der Waals surface area contributed by atoms with Crippen LogP contribution in [0, 0.1) is 3.57 Å². The standard InChI is InChI=1S/C15H16INO4/c1-15(2,3)21-14(19)17-8-10(16)12-9(13(18)20-4)6-5-7-11(12)17/h5-8H,1-4H3. The Morgan fingerprint density at radius 2 is 1.90 bits per heavy atom. The van der Waals surface area contributed by atoms with Crippen LogP contribution in [-0.4, -0.2) is 29.3 Å². The predicted molar refractivity (Wildman–Crippen MR) is 87.6 cm³/mol. The van der Waals surface area contributed by atoms with Gasteiger partial charge in [-0.05, 0) is 55.5 Å². The van der Waals surface area contributed by atoms with E-state index in [1.165, 1.54) is 11.7 Å². The summed E-state index contributed by atoms with van der Waals surface area (Å²) in [6, 6.07) is 5.16. The molecule has 0 saturated carbocycles. The molecular weight excluding hydrogens is 385 g/mol. The highest BCUT2D eigenvalue weighted by Gasteiger charge is 2.22. The van der Waals surface area contributed by atoms with Gasteiger partial charge in [-0.25, -0.2) is 9.59 Å². The lowest BCUT2D eigenvalue weighted by molar-refractivity contribution is 0.0542. The van der Waals surface area contributed by atoms with Crippen molar-refractivity contribution in [1.82, 2.24) is 4.57 Å². The molecule has 1 aromatic carbocycles. The molecule has 0 bridgehead atoms. The molecule has 2 aromatic rings. The number of fused-ring (bicyclic) bond motifs is 1. The van der Waals surface area contributed by atoms with Gasteiger partial charge in [-0.3, -0.25) is 4.57 Å². The van der Waals surface area contributed by atoms with Gasteiger partial charge in [-0.2, -0.15) is 0 Å². The van der Waals surface area contributed by atoms with E-state index in [2.05, 4.69) is 22.6 Å². The first-order valence-corrected chi connectivity index (χ1v) is 7.43. The third kappa shape index (κ3) is 3.20. The van der Waals surface area contributed by atoms with Crippen LogP contribution >= 0.6 is 22.6 Å². The van der Waals surface area contributed by atoms with Gasteiger partial charge in [0.25, 0.3) is 0 Å². The summed E-state index contributed by atoms with van der Waals surface area (Å²) >= 11 is 2.09. The molecule has 0 unspecified atom stereocenters. The van der Waals surface area contributed by atoms with Gasteiger partial charge in [0.15, 0.2) is 0 Å². The fourth-order valence-corrected chi connectivity index (χ4v) is 2.83. The highest BCUT2D eigenvalue weighted by Crippen LogP contribution is 2.28. The molecule has 0 spiro atoms. The smallest absolute Gasteiger partial charge is 0.419 e. The quantitative estimate of drug-likeness (QED) is 0.539. The molecule has 0 aliphatic carbocycles. The van der Waals surface area contributed by atoms with Gasteiger partial charge in [0.2, 0.25) is 0 Å². The van der Waals surface area contributed by atoms with Gasteiger partial charge in [0.1, 0.15) is 5.60 Å². The van der Waals surface area contributed by atoms with Crippen molar-refractivity contribution in [3.63, 3.8) is 0 Å². The number of esters is 1. The average Bonchev–Trinajstić information content (AvgIpc) is 2.74. The van der Waals surface area contributed by atoms with Crippen LogP contribution in [0.3, 0.4) is 0 Å². The van der Waals surface area contributed by atoms with E-state index in [9.17, 15) is 9.59 Å². The maximum absolute atomic E-state index is 12.3. The molecule has 0 amide bonds. The number of hydrogen-bond donors (Lipinski definition) is 0. The number of carbonyl (C=O) groups excluding carboxylic acids is 2. The normalized spacial score (nSPS) is 11.5. The molecule has 1 aromatic heterocycles. The Hall–Kier alpha value is -1.57. The minimum Gasteiger partial charge on any atom is -0.465 e. The Labute approximate surface area is 136 Å². The summed E-state index contributed by atoms with van der Waals surface area (Å²) in [5, 5.41) is 0.691. The fraction of sp³-hybridized carbons (Fsp3) is 0.333. The minimum absolute atomic E-state index is 0.430. The van der Waals surface area contributed by atoms with Crippen LogP contribution in [0.1, 0.15) is 31.1 Å². The van der Waals surface area contributed by atoms with Gasteiger partial charge in [-0.15, -0.1) is 0 Å². The van der Waals surface area contributed by atoms with E-state index in [1.807, 2.05) is 0 Å². The molecule has 21 heavy (non-hydrogen) atoms. The number of methoxy groups -OCH3 is 1. The van der Waals surface area contributed by atoms with E-state index < -0.39 is 17.7 Å². The summed E-state index contributed by atoms with van der Waals surface area (Å²) < 4.78 is 12.4. The van der Waals surface area contributed by atoms with Crippen molar-refractivity contribution in [2.24, 2.45) is 0 Å². The maximum Gasteiger partial charge on any atom is 0.419 e. The van der Waals surface area contributed by atoms with Gasteiger partial charge in [0.05, 0.1) is 18.2 Å². The lowest BCUT2D eigenvalue weighted by Gasteiger charge is -2.19. The fourth-order valence-electron chi connectivity index (χ4n) is 1.98. The first-order chi connectivity index (χ1) is 9.74. The van der Waals surface area contributed by atoms with Crippen LogP contribution in [0.15, 0.2) is 24.4 Å². The third-order valence-corrected chi connectivity index (χ3v) is 3.60. The number of nitrogens with zero attached hydrogens (tertiary/aromatic N) is 1. The van der Waals surface area contributed by atoms with Crippen molar-refractivity contribution in [3.8, 4) is 0 Å². The van der Waals surface area contributed by atoms with Crippen LogP contribution in [0.4, 0.5) is 4.79 Å². The van der Waals surface area contributed by atoms with Crippen molar-refractivity contribution in [1.29, 1.82) is 0 Å². The van der Waals surface area contributed by atoms with Crippen molar-refractivity contribution < 1.29 is 19.1 Å². The number of rotatable bonds is 1. The third-order valence-electron chi connectivity index (χ3n) is 2.78. The van der Waals surface area contributed by atoms with E-state index in [4.69, 9.17) is 9.47 Å². The highest BCUT2D eigenvalue weighted by molar-refractivity contribution is 14.1. The van der Waals surface area contributed by atoms with Crippen molar-refractivity contribution in [2.75, 3.05) is 7.11 Å². The molecular formula is C15H16INO4. The van der Waals surface area contributed by atoms with Crippen LogP contribution in [0.5, 0.6) is 0 Å². The van der Waals surface area contributed by atoms with E-state index in [1.54, 1.807) is 45.2 Å². The van der Waals surface area contributed by atoms with Crippen LogP contribution in [0.25, 0.3) is 10.9 Å². The number of carbonyl (C=O) groups is 2. The summed E-state index contributed by atoms with van der Waals surface area (Å²) in [6.45, 7) is 5.42. The SMILES string of the molecule is COC(=O)c1cccc2c1c(I)cn2C(=O)OC(C)(C)C. The van der Waals surface area contributed by atoms with E-state index >= 15 is 0 Å². The number of halogens is 1. The Bertz CT molecular complexity index is 712. The monoisotopic (exact) mass is 401 g/mol. The molecule has 0 N–H and O–H groups in total. The van der Waals surface area contributed by atoms with Crippen molar-refractivity contribution >= 4 is 45.6 Å². The zero-order valence-corrected chi connectivity index (χ0v) is 14.4. The number of hydrogen-bond acceptors (Lipinski definition) is 4. The predicted octanol–water partition coefficient (Wildman–Crippen LogP) is 3.82. The average molecular weight is 401 g/mol. The van der Waals surface area contributed by atoms with Gasteiger partial charge in [-0.1, -0.05) is 6.07 Å². The van der Waals surface area contributed by atoms with Gasteiger partial charge < -0.3 is 9.47 Å². The van der Waals surface area contributed by atoms with Crippen LogP contribution in [-0.2, 0) is 9.47 Å². The molecule has 2 rings (SSSR count). The van der Waals surface area contributed by atoms with E-state index in [0.29, 0.717) is 16.5 Å². The topological polar surface area (TPSA) is 57.5 Å². The molecule has 0 fully saturated rings. The second kappa shape index (κ2) is 5.67. The zero-order chi connectivity index (χ0) is 15.8. The van der Waals surface area contributed by atoms with E-state index in [-0.39, 0.29) is 0 Å². The van der Waals surface area contributed by atoms with E-state index in [0.717, 1.165) is 3.57 Å². The second-order valence-electron chi connectivity index (χ2n) is 5.52. The number of ether oxygens (including phenoxy) is 2. The maximum atomic E-state index is 12.3. The van der Waals surface area contributed by atoms with Gasteiger partial charge in [0, 0.05) is 15.2 Å². The molecule has 0 radical (unpaired) electrons. The summed E-state index contributed by atoms with van der Waals surface area (Å²) in [6.07, 6.45) is 1.18. The molecule has 0 saturated heterocycles. The largest absolute Gasteiger partial charge is 0.465 e. The molecule has 6 heteroatoms. The first-order valence-electron chi connectivity index (χ1n) is 6.36. The molecule has 0 aliphatic rings. The Balaban J connectivity index is 2.59. The lowest BCUT2D eigenvalue weighted by Crippen LogP contribution is -2.26. The second-order valence-corrected chi connectivity index (χ2v) is 6.68. The van der Waals surface area contributed by atoms with Crippen LogP contribution in [0.2, 0.25) is 0 Å². The van der Waals surface area contributed by atoms with Crippen molar-refractivity contribution in [3.05, 3.63) is 33.5 Å². The highest BCUT2D eigenvalue weighted by atomic mass is 127. The minimum atomic E-state index is -0.584. The summed E-state index contributed by atoms with van der Waals surface area (Å²) in [5.74, 6) is -0.430. The first kappa shape index (κ1) is 15.8. The Kier molecular flexibility index (Phi) is 4.27. The molecule has 1 heterocycles. The Morgan fingerprint density at radius 3 is 2.48 bits per heavy atom. The number of aromatic nitrogens is 1. The lowest BCUT2D eigenvalue weighted by atomic mass is 10.1. The molecule has 0 atom stereocenters. The molecule has 5 nitrogen and oxygen atoms in total. The summed E-state index contributed by atoms with van der Waals surface area (Å²) in [5.41, 5.74) is 0.470. The Morgan fingerprint density at radius 1 is 1.24 bits per heavy atom. The zero-order valence-electron chi connectivity index (χ0n) is 12.3. The molecule has 112 valence electrons. The van der Waals surface area contributed by atoms with Gasteiger partial charge >= 0.3 is 12.1 Å². The summed E-state index contributed by atoms with van der Waals surface area (Å²) in [4.78, 5) is 24.1. The van der Waals surface area contributed by atoms with Crippen LogP contribution < -0.4 is 0 Å². The summed E-state index contributed by atoms with van der Waals surface area (Å²) in [7, 11) is 1.33. The van der Waals surface area contributed by atoms with Crippen molar-refractivity contribution in [2.45, 2.75) is 26.4 Å². The number of benzene rings is 1.